The predicted octanol–water partition coefficient (Wildman–Crippen LogP) is 1.31. The van der Waals surface area contributed by atoms with E-state index in [2.05, 4.69) is 4.90 Å². The Balaban J connectivity index is 1.60. The van der Waals surface area contributed by atoms with Gasteiger partial charge < -0.3 is 9.64 Å². The Bertz CT molecular complexity index is 916. The van der Waals surface area contributed by atoms with Gasteiger partial charge in [-0.05, 0) is 37.6 Å². The molecule has 2 saturated heterocycles. The van der Waals surface area contributed by atoms with Crippen LogP contribution < -0.4 is 4.74 Å². The van der Waals surface area contributed by atoms with Crippen molar-refractivity contribution in [3.8, 4) is 5.75 Å². The van der Waals surface area contributed by atoms with Crippen molar-refractivity contribution in [3.63, 3.8) is 0 Å². The predicted molar refractivity (Wildman–Crippen MR) is 110 cm³/mol. The van der Waals surface area contributed by atoms with Crippen molar-refractivity contribution in [1.82, 2.24) is 14.1 Å². The second-order valence-corrected chi connectivity index (χ2v) is 10.4. The zero-order chi connectivity index (χ0) is 21.5. The number of amides is 2. The normalized spacial score (nSPS) is 26.1. The van der Waals surface area contributed by atoms with Crippen LogP contribution in [0.4, 0.5) is 0 Å². The molecule has 30 heavy (non-hydrogen) atoms. The standard InChI is InChI=1S/C21H29N3O5S/c1-22-9-11-23(12-10-22)30(27,28)19-13-15(7-8-18(19)29-2)14-24-20(25)16-5-3-4-6-17(16)21(24)26/h7-8,13,16-17H,3-6,9-12,14H2,1-2H3/t16-,17-/m1/s1. The number of carbonyl (C=O) groups excluding carboxylic acids is 2. The molecule has 0 N–H and O–H groups in total. The first-order chi connectivity index (χ1) is 14.3. The summed E-state index contributed by atoms with van der Waals surface area (Å²) >= 11 is 0. The van der Waals surface area contributed by atoms with Gasteiger partial charge in [0.2, 0.25) is 21.8 Å². The fourth-order valence-electron chi connectivity index (χ4n) is 4.76. The number of nitrogens with zero attached hydrogens (tertiary/aromatic N) is 3. The Morgan fingerprint density at radius 2 is 1.60 bits per heavy atom. The smallest absolute Gasteiger partial charge is 0.246 e. The highest BCUT2D eigenvalue weighted by atomic mass is 32.2. The van der Waals surface area contributed by atoms with Crippen molar-refractivity contribution in [2.45, 2.75) is 37.1 Å². The third kappa shape index (κ3) is 3.74. The monoisotopic (exact) mass is 435 g/mol. The van der Waals surface area contributed by atoms with Crippen molar-refractivity contribution in [2.24, 2.45) is 11.8 Å². The number of imide groups is 1. The van der Waals surface area contributed by atoms with Crippen molar-refractivity contribution in [2.75, 3.05) is 40.3 Å². The van der Waals surface area contributed by atoms with Gasteiger partial charge in [0.05, 0.1) is 25.5 Å². The molecule has 1 aliphatic carbocycles. The minimum Gasteiger partial charge on any atom is -0.495 e. The largest absolute Gasteiger partial charge is 0.495 e. The lowest BCUT2D eigenvalue weighted by atomic mass is 9.81. The van der Waals surface area contributed by atoms with E-state index in [4.69, 9.17) is 4.74 Å². The zero-order valence-corrected chi connectivity index (χ0v) is 18.4. The molecule has 2 heterocycles. The van der Waals surface area contributed by atoms with Gasteiger partial charge in [-0.3, -0.25) is 14.5 Å². The number of hydrogen-bond acceptors (Lipinski definition) is 6. The molecule has 3 aliphatic rings. The van der Waals surface area contributed by atoms with E-state index >= 15 is 0 Å². The van der Waals surface area contributed by atoms with Crippen LogP contribution >= 0.6 is 0 Å². The molecule has 8 nitrogen and oxygen atoms in total. The fourth-order valence-corrected chi connectivity index (χ4v) is 6.39. The quantitative estimate of drug-likeness (QED) is 0.648. The van der Waals surface area contributed by atoms with Gasteiger partial charge in [-0.25, -0.2) is 8.42 Å². The molecule has 1 aromatic rings. The summed E-state index contributed by atoms with van der Waals surface area (Å²) in [5.41, 5.74) is 0.615. The Hall–Kier alpha value is -1.97. The van der Waals surface area contributed by atoms with Crippen LogP contribution in [0.3, 0.4) is 0 Å². The van der Waals surface area contributed by atoms with Gasteiger partial charge in [-0.15, -0.1) is 0 Å². The van der Waals surface area contributed by atoms with Crippen LogP contribution in [0.2, 0.25) is 0 Å². The van der Waals surface area contributed by atoms with Gasteiger partial charge in [0.25, 0.3) is 0 Å². The summed E-state index contributed by atoms with van der Waals surface area (Å²) in [6.07, 6.45) is 3.47. The van der Waals surface area contributed by atoms with Crippen LogP contribution in [-0.4, -0.2) is 74.7 Å². The molecule has 4 rings (SSSR count). The van der Waals surface area contributed by atoms with E-state index in [1.54, 1.807) is 18.2 Å². The van der Waals surface area contributed by atoms with E-state index in [-0.39, 0.29) is 40.8 Å². The lowest BCUT2D eigenvalue weighted by molar-refractivity contribution is -0.140. The molecular formula is C21H29N3O5S. The molecule has 2 atom stereocenters. The van der Waals surface area contributed by atoms with E-state index in [9.17, 15) is 18.0 Å². The molecule has 164 valence electrons. The lowest BCUT2D eigenvalue weighted by Gasteiger charge is -2.32. The number of rotatable bonds is 5. The van der Waals surface area contributed by atoms with Gasteiger partial charge in [0.1, 0.15) is 10.6 Å². The van der Waals surface area contributed by atoms with Crippen LogP contribution in [0, 0.1) is 11.8 Å². The number of likely N-dealkylation sites (N-methyl/N-ethyl adjacent to an activating group) is 1. The van der Waals surface area contributed by atoms with Crippen LogP contribution in [-0.2, 0) is 26.2 Å². The van der Waals surface area contributed by atoms with E-state index in [0.29, 0.717) is 31.7 Å². The number of piperazine rings is 1. The second kappa shape index (κ2) is 8.28. The first kappa shape index (κ1) is 21.3. The highest BCUT2D eigenvalue weighted by Gasteiger charge is 2.48. The minimum atomic E-state index is -3.74. The summed E-state index contributed by atoms with van der Waals surface area (Å²) in [5.74, 6) is -0.394. The van der Waals surface area contributed by atoms with Gasteiger partial charge in [-0.2, -0.15) is 4.31 Å². The summed E-state index contributed by atoms with van der Waals surface area (Å²) in [5, 5.41) is 0. The zero-order valence-electron chi connectivity index (χ0n) is 17.5. The van der Waals surface area contributed by atoms with E-state index in [1.807, 2.05) is 7.05 Å². The molecular weight excluding hydrogens is 406 g/mol. The molecule has 2 aliphatic heterocycles. The van der Waals surface area contributed by atoms with E-state index in [1.165, 1.54) is 16.3 Å². The molecule has 0 aromatic heterocycles. The Morgan fingerprint density at radius 3 is 2.17 bits per heavy atom. The van der Waals surface area contributed by atoms with Gasteiger partial charge >= 0.3 is 0 Å². The third-order valence-corrected chi connectivity index (χ3v) is 8.50. The van der Waals surface area contributed by atoms with Crippen molar-refractivity contribution < 1.29 is 22.7 Å². The molecule has 0 radical (unpaired) electrons. The number of sulfonamides is 1. The summed E-state index contributed by atoms with van der Waals surface area (Å²) in [6, 6.07) is 4.88. The van der Waals surface area contributed by atoms with Gasteiger partial charge in [-0.1, -0.05) is 18.9 Å². The molecule has 2 amide bonds. The Kier molecular flexibility index (Phi) is 5.87. The maximum Gasteiger partial charge on any atom is 0.246 e. The average molecular weight is 436 g/mol. The molecule has 0 unspecified atom stereocenters. The first-order valence-electron chi connectivity index (χ1n) is 10.5. The SMILES string of the molecule is COc1ccc(CN2C(=O)[C@@H]3CCCC[C@H]3C2=O)cc1S(=O)(=O)N1CCN(C)CC1. The topological polar surface area (TPSA) is 87.2 Å². The van der Waals surface area contributed by atoms with Crippen LogP contribution in [0.1, 0.15) is 31.2 Å². The van der Waals surface area contributed by atoms with E-state index < -0.39 is 10.0 Å². The van der Waals surface area contributed by atoms with Crippen LogP contribution in [0.5, 0.6) is 5.75 Å². The molecule has 3 fully saturated rings. The molecule has 0 bridgehead atoms. The number of fused-ring (bicyclic) bond motifs is 1. The molecule has 1 saturated carbocycles. The lowest BCUT2D eigenvalue weighted by Crippen LogP contribution is -2.47. The molecule has 0 spiro atoms. The number of ether oxygens (including phenoxy) is 1. The van der Waals surface area contributed by atoms with Crippen molar-refractivity contribution in [1.29, 1.82) is 0 Å². The summed E-state index contributed by atoms with van der Waals surface area (Å²) < 4.78 is 33.3. The highest BCUT2D eigenvalue weighted by Crippen LogP contribution is 2.39. The van der Waals surface area contributed by atoms with Crippen molar-refractivity contribution in [3.05, 3.63) is 23.8 Å². The number of methoxy groups -OCH3 is 1. The molecule has 9 heteroatoms. The third-order valence-electron chi connectivity index (χ3n) is 6.58. The summed E-state index contributed by atoms with van der Waals surface area (Å²) in [6.45, 7) is 2.26. The summed E-state index contributed by atoms with van der Waals surface area (Å²) in [4.78, 5) is 29.1. The van der Waals surface area contributed by atoms with Crippen LogP contribution in [0.25, 0.3) is 0 Å². The number of carbonyl (C=O) groups is 2. The highest BCUT2D eigenvalue weighted by molar-refractivity contribution is 7.89. The van der Waals surface area contributed by atoms with Gasteiger partial charge in [0, 0.05) is 26.2 Å². The second-order valence-electron chi connectivity index (χ2n) is 8.45. The number of hydrogen-bond donors (Lipinski definition) is 0. The molecule has 1 aromatic carbocycles. The Labute approximate surface area is 177 Å². The maximum absolute atomic E-state index is 13.3. The van der Waals surface area contributed by atoms with Crippen LogP contribution in [0.15, 0.2) is 23.1 Å². The maximum atomic E-state index is 13.3. The average Bonchev–Trinajstić information content (AvgIpc) is 2.99. The number of likely N-dealkylation sites (tertiary alicyclic amines) is 1. The summed E-state index contributed by atoms with van der Waals surface area (Å²) in [7, 11) is -0.333. The first-order valence-corrected chi connectivity index (χ1v) is 12.0. The minimum absolute atomic E-state index is 0.0866. The van der Waals surface area contributed by atoms with Gasteiger partial charge in [0.15, 0.2) is 0 Å². The van der Waals surface area contributed by atoms with E-state index in [0.717, 1.165) is 25.7 Å². The van der Waals surface area contributed by atoms with Crippen molar-refractivity contribution >= 4 is 21.8 Å². The Morgan fingerprint density at radius 1 is 1.00 bits per heavy atom. The number of benzene rings is 1. The fraction of sp³-hybridized carbons (Fsp3) is 0.619.